The lowest BCUT2D eigenvalue weighted by Crippen LogP contribution is -2.27. The van der Waals surface area contributed by atoms with E-state index in [1.165, 1.54) is 6.33 Å². The zero-order valence-electron chi connectivity index (χ0n) is 10.6. The van der Waals surface area contributed by atoms with E-state index in [1.54, 1.807) is 7.11 Å². The zero-order chi connectivity index (χ0) is 12.3. The summed E-state index contributed by atoms with van der Waals surface area (Å²) in [6, 6.07) is 0.343. The molecule has 5 nitrogen and oxygen atoms in total. The van der Waals surface area contributed by atoms with Crippen molar-refractivity contribution in [1.82, 2.24) is 9.97 Å². The number of nitrogens with one attached hydrogen (secondary N) is 1. The molecule has 1 aliphatic rings. The van der Waals surface area contributed by atoms with Gasteiger partial charge in [0.2, 0.25) is 5.88 Å². The van der Waals surface area contributed by atoms with E-state index in [2.05, 4.69) is 22.2 Å². The topological polar surface area (TPSA) is 56.3 Å². The van der Waals surface area contributed by atoms with E-state index < -0.39 is 0 Å². The Morgan fingerprint density at radius 1 is 1.53 bits per heavy atom. The third-order valence-corrected chi connectivity index (χ3v) is 3.27. The molecule has 0 aliphatic carbocycles. The van der Waals surface area contributed by atoms with Crippen molar-refractivity contribution >= 4 is 5.82 Å². The molecule has 94 valence electrons. The molecule has 1 saturated heterocycles. The molecule has 0 aromatic carbocycles. The molecule has 5 heteroatoms. The summed E-state index contributed by atoms with van der Waals surface area (Å²) in [4.78, 5) is 8.32. The van der Waals surface area contributed by atoms with Gasteiger partial charge in [-0.25, -0.2) is 9.97 Å². The van der Waals surface area contributed by atoms with Crippen LogP contribution in [0.2, 0.25) is 0 Å². The van der Waals surface area contributed by atoms with Crippen molar-refractivity contribution < 1.29 is 9.47 Å². The summed E-state index contributed by atoms with van der Waals surface area (Å²) >= 11 is 0. The average molecular weight is 237 g/mol. The Balaban J connectivity index is 2.07. The molecule has 0 radical (unpaired) electrons. The molecule has 0 bridgehead atoms. The summed E-state index contributed by atoms with van der Waals surface area (Å²) in [5, 5.41) is 3.42. The van der Waals surface area contributed by atoms with Gasteiger partial charge in [0.1, 0.15) is 12.1 Å². The van der Waals surface area contributed by atoms with E-state index in [-0.39, 0.29) is 0 Å². The number of ether oxygens (including phenoxy) is 2. The molecule has 1 aromatic rings. The van der Waals surface area contributed by atoms with Crippen LogP contribution in [-0.2, 0) is 4.74 Å². The maximum atomic E-state index is 5.39. The third-order valence-electron chi connectivity index (χ3n) is 3.27. The van der Waals surface area contributed by atoms with Gasteiger partial charge in [0.25, 0.3) is 0 Å². The highest BCUT2D eigenvalue weighted by Crippen LogP contribution is 2.24. The highest BCUT2D eigenvalue weighted by Gasteiger charge is 2.23. The van der Waals surface area contributed by atoms with Crippen molar-refractivity contribution in [1.29, 1.82) is 0 Å². The molecule has 2 rings (SSSR count). The minimum absolute atomic E-state index is 0.343. The van der Waals surface area contributed by atoms with Gasteiger partial charge < -0.3 is 14.8 Å². The largest absolute Gasteiger partial charge is 0.481 e. The fourth-order valence-corrected chi connectivity index (χ4v) is 2.07. The van der Waals surface area contributed by atoms with Gasteiger partial charge in [-0.2, -0.15) is 0 Å². The lowest BCUT2D eigenvalue weighted by atomic mass is 10.0. The van der Waals surface area contributed by atoms with Gasteiger partial charge in [-0.1, -0.05) is 0 Å². The standard InChI is InChI=1S/C12H19N3O2/c1-8-11(13-7-14-12(8)16-3)15-9(2)10-4-5-17-6-10/h7,9-10H,4-6H2,1-3H3,(H,13,14,15). The first kappa shape index (κ1) is 12.1. The summed E-state index contributed by atoms with van der Waals surface area (Å²) in [7, 11) is 1.62. The number of nitrogens with zero attached hydrogens (tertiary/aromatic N) is 2. The molecular weight excluding hydrogens is 218 g/mol. The fourth-order valence-electron chi connectivity index (χ4n) is 2.07. The van der Waals surface area contributed by atoms with Crippen molar-refractivity contribution in [3.05, 3.63) is 11.9 Å². The minimum Gasteiger partial charge on any atom is -0.481 e. The van der Waals surface area contributed by atoms with E-state index >= 15 is 0 Å². The summed E-state index contributed by atoms with van der Waals surface area (Å²) < 4.78 is 10.6. The van der Waals surface area contributed by atoms with Gasteiger partial charge in [-0.3, -0.25) is 0 Å². The lowest BCUT2D eigenvalue weighted by Gasteiger charge is -2.21. The van der Waals surface area contributed by atoms with E-state index in [0.29, 0.717) is 17.8 Å². The fraction of sp³-hybridized carbons (Fsp3) is 0.667. The van der Waals surface area contributed by atoms with Crippen LogP contribution in [0.5, 0.6) is 5.88 Å². The number of anilines is 1. The monoisotopic (exact) mass is 237 g/mol. The van der Waals surface area contributed by atoms with Crippen molar-refractivity contribution in [2.24, 2.45) is 5.92 Å². The molecule has 0 spiro atoms. The van der Waals surface area contributed by atoms with Crippen molar-refractivity contribution in [3.63, 3.8) is 0 Å². The Kier molecular flexibility index (Phi) is 3.78. The molecule has 0 amide bonds. The highest BCUT2D eigenvalue weighted by molar-refractivity contribution is 5.48. The van der Waals surface area contributed by atoms with Gasteiger partial charge in [-0.05, 0) is 20.3 Å². The Bertz CT molecular complexity index is 378. The first-order chi connectivity index (χ1) is 8.22. The summed E-state index contributed by atoms with van der Waals surface area (Å²) in [6.45, 7) is 5.81. The molecule has 2 heterocycles. The molecule has 2 atom stereocenters. The van der Waals surface area contributed by atoms with Crippen molar-refractivity contribution in [2.45, 2.75) is 26.3 Å². The molecule has 1 N–H and O–H groups in total. The Morgan fingerprint density at radius 2 is 2.35 bits per heavy atom. The van der Waals surface area contributed by atoms with Crippen LogP contribution in [-0.4, -0.2) is 36.3 Å². The molecule has 0 saturated carbocycles. The molecule has 17 heavy (non-hydrogen) atoms. The second-order valence-corrected chi connectivity index (χ2v) is 4.41. The van der Waals surface area contributed by atoms with Crippen molar-refractivity contribution in [2.75, 3.05) is 25.6 Å². The number of hydrogen-bond donors (Lipinski definition) is 1. The number of aromatic nitrogens is 2. The molecule has 1 fully saturated rings. The Morgan fingerprint density at radius 3 is 3.00 bits per heavy atom. The Hall–Kier alpha value is -1.36. The summed E-state index contributed by atoms with van der Waals surface area (Å²) in [6.07, 6.45) is 2.63. The maximum Gasteiger partial charge on any atom is 0.221 e. The van der Waals surface area contributed by atoms with Crippen LogP contribution in [0.4, 0.5) is 5.82 Å². The quantitative estimate of drug-likeness (QED) is 0.862. The Labute approximate surface area is 102 Å². The number of rotatable bonds is 4. The molecule has 2 unspecified atom stereocenters. The zero-order valence-corrected chi connectivity index (χ0v) is 10.6. The van der Waals surface area contributed by atoms with Crippen LogP contribution >= 0.6 is 0 Å². The van der Waals surface area contributed by atoms with E-state index in [1.807, 2.05) is 6.92 Å². The van der Waals surface area contributed by atoms with Crippen LogP contribution in [0.3, 0.4) is 0 Å². The van der Waals surface area contributed by atoms with E-state index in [4.69, 9.17) is 9.47 Å². The predicted octanol–water partition coefficient (Wildman–Crippen LogP) is 1.63. The van der Waals surface area contributed by atoms with Gasteiger partial charge in [0.05, 0.1) is 19.3 Å². The van der Waals surface area contributed by atoms with E-state index in [0.717, 1.165) is 31.0 Å². The second kappa shape index (κ2) is 5.31. The first-order valence-electron chi connectivity index (χ1n) is 5.92. The van der Waals surface area contributed by atoms with Crippen LogP contribution in [0.15, 0.2) is 6.33 Å². The van der Waals surface area contributed by atoms with E-state index in [9.17, 15) is 0 Å². The summed E-state index contributed by atoms with van der Waals surface area (Å²) in [5.74, 6) is 2.02. The number of hydrogen-bond acceptors (Lipinski definition) is 5. The predicted molar refractivity (Wildman–Crippen MR) is 65.3 cm³/mol. The van der Waals surface area contributed by atoms with Crippen molar-refractivity contribution in [3.8, 4) is 5.88 Å². The lowest BCUT2D eigenvalue weighted by molar-refractivity contribution is 0.183. The average Bonchev–Trinajstić information content (AvgIpc) is 2.85. The van der Waals surface area contributed by atoms with Gasteiger partial charge in [-0.15, -0.1) is 0 Å². The van der Waals surface area contributed by atoms with Crippen LogP contribution in [0, 0.1) is 12.8 Å². The normalized spacial score (nSPS) is 21.2. The van der Waals surface area contributed by atoms with Gasteiger partial charge in [0.15, 0.2) is 0 Å². The van der Waals surface area contributed by atoms with Crippen LogP contribution in [0.1, 0.15) is 18.9 Å². The highest BCUT2D eigenvalue weighted by atomic mass is 16.5. The molecule has 1 aromatic heterocycles. The molecule has 1 aliphatic heterocycles. The third kappa shape index (κ3) is 2.66. The first-order valence-corrected chi connectivity index (χ1v) is 5.92. The number of methoxy groups -OCH3 is 1. The maximum absolute atomic E-state index is 5.39. The summed E-state index contributed by atoms with van der Waals surface area (Å²) in [5.41, 5.74) is 0.945. The second-order valence-electron chi connectivity index (χ2n) is 4.41. The van der Waals surface area contributed by atoms with Crippen LogP contribution < -0.4 is 10.1 Å². The van der Waals surface area contributed by atoms with Crippen LogP contribution in [0.25, 0.3) is 0 Å². The smallest absolute Gasteiger partial charge is 0.221 e. The molecular formula is C12H19N3O2. The van der Waals surface area contributed by atoms with Gasteiger partial charge in [0, 0.05) is 18.6 Å². The SMILES string of the molecule is COc1ncnc(NC(C)C2CCOC2)c1C. The van der Waals surface area contributed by atoms with Gasteiger partial charge >= 0.3 is 0 Å². The minimum atomic E-state index is 0.343.